The van der Waals surface area contributed by atoms with Gasteiger partial charge in [-0.15, -0.1) is 5.10 Å². The number of furan rings is 1. The van der Waals surface area contributed by atoms with Crippen molar-refractivity contribution in [2.75, 3.05) is 27.3 Å². The van der Waals surface area contributed by atoms with E-state index in [4.69, 9.17) is 23.4 Å². The van der Waals surface area contributed by atoms with Crippen molar-refractivity contribution in [3.63, 3.8) is 0 Å². The summed E-state index contributed by atoms with van der Waals surface area (Å²) in [6, 6.07) is 13.8. The Morgan fingerprint density at radius 2 is 1.95 bits per heavy atom. The molecular formula is C31H32N4O6S. The van der Waals surface area contributed by atoms with Crippen LogP contribution in [0.15, 0.2) is 59.2 Å². The molecule has 42 heavy (non-hydrogen) atoms. The summed E-state index contributed by atoms with van der Waals surface area (Å²) in [5, 5.41) is 5.81. The van der Waals surface area contributed by atoms with Crippen molar-refractivity contribution in [3.05, 3.63) is 65.9 Å². The largest absolute Gasteiger partial charge is 0.497 e. The van der Waals surface area contributed by atoms with E-state index in [-0.39, 0.29) is 6.09 Å². The Kier molecular flexibility index (Phi) is 7.28. The second-order valence-electron chi connectivity index (χ2n) is 11.0. The van der Waals surface area contributed by atoms with Crippen LogP contribution >= 0.6 is 11.3 Å². The lowest BCUT2D eigenvalue weighted by Gasteiger charge is -2.29. The van der Waals surface area contributed by atoms with E-state index in [2.05, 4.69) is 22.2 Å². The molecular weight excluding hydrogens is 556 g/mol. The highest BCUT2D eigenvalue weighted by Gasteiger charge is 2.24. The van der Waals surface area contributed by atoms with Gasteiger partial charge >= 0.3 is 6.09 Å². The third kappa shape index (κ3) is 5.78. The van der Waals surface area contributed by atoms with Gasteiger partial charge in [-0.2, -0.15) is 0 Å². The molecule has 0 fully saturated rings. The van der Waals surface area contributed by atoms with Gasteiger partial charge in [-0.1, -0.05) is 18.2 Å². The molecule has 0 bridgehead atoms. The Bertz CT molecular complexity index is 1760. The van der Waals surface area contributed by atoms with Crippen molar-refractivity contribution in [2.45, 2.75) is 39.4 Å². The Morgan fingerprint density at radius 1 is 1.10 bits per heavy atom. The summed E-state index contributed by atoms with van der Waals surface area (Å²) in [4.78, 5) is 19.5. The third-order valence-electron chi connectivity index (χ3n) is 6.84. The van der Waals surface area contributed by atoms with Gasteiger partial charge in [-0.05, 0) is 73.9 Å². The fourth-order valence-corrected chi connectivity index (χ4v) is 5.50. The summed E-state index contributed by atoms with van der Waals surface area (Å²) in [5.41, 5.74) is 4.02. The number of carbonyl (C=O) groups is 1. The SMILES string of the molecule is COc1cc(COc2cccc(C3=CCN(C(=O)OC(C)(C)C)CC3)c2)c2cc(-c3cn4nc(OC)sc4n3)oc2c1. The molecule has 0 spiro atoms. The summed E-state index contributed by atoms with van der Waals surface area (Å²) >= 11 is 1.36. The third-order valence-corrected chi connectivity index (χ3v) is 7.73. The summed E-state index contributed by atoms with van der Waals surface area (Å²) in [7, 11) is 3.21. The molecule has 1 aliphatic rings. The van der Waals surface area contributed by atoms with Crippen LogP contribution < -0.4 is 14.2 Å². The number of rotatable bonds is 7. The number of hydrogen-bond acceptors (Lipinski definition) is 9. The van der Waals surface area contributed by atoms with E-state index in [1.807, 2.05) is 63.4 Å². The van der Waals surface area contributed by atoms with Gasteiger partial charge in [0.05, 0.1) is 20.4 Å². The van der Waals surface area contributed by atoms with Crippen LogP contribution in [-0.2, 0) is 11.3 Å². The van der Waals surface area contributed by atoms with Crippen LogP contribution in [0.1, 0.15) is 38.3 Å². The highest BCUT2D eigenvalue weighted by atomic mass is 32.1. The monoisotopic (exact) mass is 588 g/mol. The van der Waals surface area contributed by atoms with Gasteiger partial charge in [0.1, 0.15) is 35.0 Å². The molecule has 0 saturated carbocycles. The molecule has 10 nitrogen and oxygen atoms in total. The zero-order valence-corrected chi connectivity index (χ0v) is 25.0. The van der Waals surface area contributed by atoms with Crippen LogP contribution in [0.5, 0.6) is 16.7 Å². The zero-order chi connectivity index (χ0) is 29.4. The van der Waals surface area contributed by atoms with Crippen molar-refractivity contribution in [2.24, 2.45) is 0 Å². The number of benzene rings is 2. The van der Waals surface area contributed by atoms with Crippen molar-refractivity contribution in [1.82, 2.24) is 19.5 Å². The predicted octanol–water partition coefficient (Wildman–Crippen LogP) is 6.82. The van der Waals surface area contributed by atoms with E-state index in [0.717, 1.165) is 28.7 Å². The minimum Gasteiger partial charge on any atom is -0.497 e. The van der Waals surface area contributed by atoms with Crippen LogP contribution in [0, 0.1) is 0 Å². The number of fused-ring (bicyclic) bond motifs is 2. The van der Waals surface area contributed by atoms with E-state index in [0.29, 0.717) is 52.6 Å². The average Bonchev–Trinajstić information content (AvgIpc) is 3.68. The van der Waals surface area contributed by atoms with E-state index in [9.17, 15) is 4.79 Å². The molecule has 0 unspecified atom stereocenters. The molecule has 0 saturated heterocycles. The van der Waals surface area contributed by atoms with Gasteiger partial charge in [-0.25, -0.2) is 14.3 Å². The van der Waals surface area contributed by atoms with Crippen LogP contribution in [0.3, 0.4) is 0 Å². The van der Waals surface area contributed by atoms with Crippen molar-refractivity contribution in [1.29, 1.82) is 0 Å². The maximum absolute atomic E-state index is 12.4. The summed E-state index contributed by atoms with van der Waals surface area (Å²) < 4.78 is 30.4. The molecule has 0 aliphatic carbocycles. The normalized spacial score (nSPS) is 13.8. The molecule has 6 rings (SSSR count). The molecule has 5 aromatic rings. The summed E-state index contributed by atoms with van der Waals surface area (Å²) in [5.74, 6) is 2.05. The summed E-state index contributed by atoms with van der Waals surface area (Å²) in [6.45, 7) is 7.06. The fourth-order valence-electron chi connectivity index (χ4n) is 4.80. The van der Waals surface area contributed by atoms with Crippen molar-refractivity contribution >= 4 is 38.9 Å². The Balaban J connectivity index is 1.19. The van der Waals surface area contributed by atoms with E-state index in [1.54, 1.807) is 23.6 Å². The number of hydrogen-bond donors (Lipinski definition) is 0. The molecule has 11 heteroatoms. The maximum Gasteiger partial charge on any atom is 0.410 e. The molecule has 0 atom stereocenters. The molecule has 218 valence electrons. The van der Waals surface area contributed by atoms with Crippen molar-refractivity contribution < 1.29 is 28.2 Å². The standard InChI is InChI=1S/C31H32N4O6S/c1-31(2,3)41-30(36)34-11-9-19(10-12-34)20-7-6-8-22(13-20)39-18-21-14-23(37-4)15-26-24(21)16-27(40-26)25-17-35-28(32-25)42-29(33-35)38-5/h6-9,13-17H,10-12,18H2,1-5H3. The van der Waals surface area contributed by atoms with Gasteiger partial charge in [0.15, 0.2) is 5.76 Å². The maximum atomic E-state index is 12.4. The molecule has 1 aliphatic heterocycles. The Hall–Kier alpha value is -4.51. The minimum atomic E-state index is -0.512. The molecule has 2 aromatic carbocycles. The molecule has 0 radical (unpaired) electrons. The molecule has 3 aromatic heterocycles. The number of nitrogens with zero attached hydrogens (tertiary/aromatic N) is 4. The highest BCUT2D eigenvalue weighted by Crippen LogP contribution is 2.35. The lowest BCUT2D eigenvalue weighted by atomic mass is 9.99. The Morgan fingerprint density at radius 3 is 2.67 bits per heavy atom. The predicted molar refractivity (Wildman–Crippen MR) is 160 cm³/mol. The van der Waals surface area contributed by atoms with Gasteiger partial charge in [0, 0.05) is 30.1 Å². The second-order valence-corrected chi connectivity index (χ2v) is 11.9. The topological polar surface area (TPSA) is 101 Å². The minimum absolute atomic E-state index is 0.286. The average molecular weight is 589 g/mol. The lowest BCUT2D eigenvalue weighted by Crippen LogP contribution is -2.39. The lowest BCUT2D eigenvalue weighted by molar-refractivity contribution is 0.0270. The first-order chi connectivity index (χ1) is 20.2. The first-order valence-corrected chi connectivity index (χ1v) is 14.4. The van der Waals surface area contributed by atoms with Crippen LogP contribution in [0.2, 0.25) is 0 Å². The second kappa shape index (κ2) is 11.1. The van der Waals surface area contributed by atoms with Crippen LogP contribution in [-0.4, -0.2) is 58.5 Å². The number of carbonyl (C=O) groups excluding carboxylic acids is 1. The zero-order valence-electron chi connectivity index (χ0n) is 24.2. The van der Waals surface area contributed by atoms with E-state index < -0.39 is 5.60 Å². The Labute approximate surface area is 247 Å². The summed E-state index contributed by atoms with van der Waals surface area (Å²) in [6.07, 6.45) is 4.35. The van der Waals surface area contributed by atoms with E-state index in [1.165, 1.54) is 16.9 Å². The number of aromatic nitrogens is 3. The van der Waals surface area contributed by atoms with Crippen LogP contribution in [0.25, 0.3) is 33.0 Å². The number of imidazole rings is 1. The van der Waals surface area contributed by atoms with Gasteiger partial charge in [-0.3, -0.25) is 0 Å². The smallest absolute Gasteiger partial charge is 0.410 e. The fraction of sp³-hybridized carbons (Fsp3) is 0.323. The molecule has 4 heterocycles. The van der Waals surface area contributed by atoms with Crippen molar-refractivity contribution in [3.8, 4) is 28.1 Å². The number of ether oxygens (including phenoxy) is 4. The number of amides is 1. The van der Waals surface area contributed by atoms with Gasteiger partial charge < -0.3 is 28.3 Å². The van der Waals surface area contributed by atoms with E-state index >= 15 is 0 Å². The van der Waals surface area contributed by atoms with Crippen LogP contribution in [0.4, 0.5) is 4.79 Å². The first kappa shape index (κ1) is 27.6. The highest BCUT2D eigenvalue weighted by molar-refractivity contribution is 7.18. The molecule has 0 N–H and O–H groups in total. The quantitative estimate of drug-likeness (QED) is 0.204. The van der Waals surface area contributed by atoms with Gasteiger partial charge in [0.25, 0.3) is 5.19 Å². The van der Waals surface area contributed by atoms with Gasteiger partial charge in [0.2, 0.25) is 4.96 Å². The number of methoxy groups -OCH3 is 2. The molecule has 1 amide bonds. The first-order valence-electron chi connectivity index (χ1n) is 13.6.